The van der Waals surface area contributed by atoms with Crippen molar-refractivity contribution in [1.29, 1.82) is 0 Å². The van der Waals surface area contributed by atoms with Crippen LogP contribution >= 0.6 is 11.6 Å². The first-order chi connectivity index (χ1) is 16.5. The van der Waals surface area contributed by atoms with E-state index in [2.05, 4.69) is 16.0 Å². The third-order valence-electron chi connectivity index (χ3n) is 5.93. The molecule has 2 atom stereocenters. The summed E-state index contributed by atoms with van der Waals surface area (Å²) in [6.07, 6.45) is -0.637. The number of piperazine rings is 1. The Morgan fingerprint density at radius 3 is 2.65 bits per heavy atom. The first kappa shape index (κ1) is 22.5. The number of anilines is 1. The van der Waals surface area contributed by atoms with Crippen molar-refractivity contribution in [2.24, 2.45) is 0 Å². The second-order valence-electron chi connectivity index (χ2n) is 8.16. The average Bonchev–Trinajstić information content (AvgIpc) is 2.85. The van der Waals surface area contributed by atoms with Gasteiger partial charge in [-0.05, 0) is 23.8 Å². The van der Waals surface area contributed by atoms with Gasteiger partial charge in [0.2, 0.25) is 5.91 Å². The number of amides is 4. The fraction of sp³-hybridized carbons (Fsp3) is 0.348. The minimum atomic E-state index is -0.670. The molecule has 3 heterocycles. The number of carbonyl (C=O) groups excluding carboxylic acids is 3. The summed E-state index contributed by atoms with van der Waals surface area (Å²) in [7, 11) is 0. The second kappa shape index (κ2) is 9.49. The monoisotopic (exact) mass is 485 g/mol. The molecule has 2 fully saturated rings. The maximum absolute atomic E-state index is 13.4. The molecule has 3 aliphatic rings. The largest absolute Gasteiger partial charge is 0.486 e. The van der Waals surface area contributed by atoms with E-state index in [4.69, 9.17) is 21.1 Å². The smallest absolute Gasteiger partial charge is 0.328 e. The van der Waals surface area contributed by atoms with Gasteiger partial charge < -0.3 is 20.1 Å². The minimum absolute atomic E-state index is 0.0164. The normalized spacial score (nSPS) is 21.8. The number of carbonyl (C=O) groups is 3. The van der Waals surface area contributed by atoms with Crippen LogP contribution in [0, 0.1) is 0 Å². The van der Waals surface area contributed by atoms with Crippen molar-refractivity contribution in [3.05, 3.63) is 53.1 Å². The Hall–Kier alpha value is -3.34. The van der Waals surface area contributed by atoms with Gasteiger partial charge in [0, 0.05) is 29.9 Å². The van der Waals surface area contributed by atoms with E-state index in [0.29, 0.717) is 54.1 Å². The zero-order valence-corrected chi connectivity index (χ0v) is 19.0. The maximum atomic E-state index is 13.4. The van der Waals surface area contributed by atoms with E-state index < -0.39 is 24.1 Å². The number of ether oxygens (including phenoxy) is 2. The van der Waals surface area contributed by atoms with Gasteiger partial charge >= 0.3 is 6.03 Å². The summed E-state index contributed by atoms with van der Waals surface area (Å²) < 4.78 is 11.1. The second-order valence-corrected chi connectivity index (χ2v) is 8.57. The molecule has 10 nitrogen and oxygen atoms in total. The highest BCUT2D eigenvalue weighted by Gasteiger charge is 2.47. The number of imide groups is 1. The van der Waals surface area contributed by atoms with Crippen molar-refractivity contribution in [3.8, 4) is 11.5 Å². The summed E-state index contributed by atoms with van der Waals surface area (Å²) >= 11 is 6.26. The number of nitrogens with zero attached hydrogens (tertiary/aromatic N) is 2. The number of benzene rings is 2. The zero-order valence-electron chi connectivity index (χ0n) is 18.3. The molecule has 0 saturated carbocycles. The molecule has 0 aromatic heterocycles. The van der Waals surface area contributed by atoms with E-state index in [1.807, 2.05) is 0 Å². The predicted octanol–water partition coefficient (Wildman–Crippen LogP) is 1.40. The highest BCUT2D eigenvalue weighted by molar-refractivity contribution is 6.31. The molecule has 5 rings (SSSR count). The molecule has 0 bridgehead atoms. The highest BCUT2D eigenvalue weighted by atomic mass is 35.5. The van der Waals surface area contributed by atoms with Crippen LogP contribution in [-0.2, 0) is 16.1 Å². The van der Waals surface area contributed by atoms with Gasteiger partial charge in [-0.25, -0.2) is 4.79 Å². The molecule has 34 heavy (non-hydrogen) atoms. The first-order valence-electron chi connectivity index (χ1n) is 11.0. The van der Waals surface area contributed by atoms with Gasteiger partial charge in [0.05, 0.1) is 6.54 Å². The quantitative estimate of drug-likeness (QED) is 0.587. The molecule has 3 N–H and O–H groups in total. The fourth-order valence-electron chi connectivity index (χ4n) is 4.31. The van der Waals surface area contributed by atoms with Gasteiger partial charge in [-0.2, -0.15) is 0 Å². The van der Waals surface area contributed by atoms with E-state index in [1.165, 1.54) is 4.90 Å². The zero-order chi connectivity index (χ0) is 23.7. The van der Waals surface area contributed by atoms with E-state index >= 15 is 0 Å². The molecule has 2 saturated heterocycles. The summed E-state index contributed by atoms with van der Waals surface area (Å²) in [5.41, 5.74) is 1.17. The third-order valence-corrected chi connectivity index (χ3v) is 6.30. The Bertz CT molecular complexity index is 1130. The van der Waals surface area contributed by atoms with Gasteiger partial charge in [-0.15, -0.1) is 0 Å². The number of halogens is 1. The summed E-state index contributed by atoms with van der Waals surface area (Å²) in [6.45, 7) is 1.81. The first-order valence-corrected chi connectivity index (χ1v) is 11.4. The number of hydrogen-bond acceptors (Lipinski definition) is 7. The molecule has 0 spiro atoms. The van der Waals surface area contributed by atoms with Crippen LogP contribution in [0.3, 0.4) is 0 Å². The van der Waals surface area contributed by atoms with Crippen LogP contribution in [0.4, 0.5) is 10.5 Å². The van der Waals surface area contributed by atoms with E-state index in [0.717, 1.165) is 4.90 Å². The summed E-state index contributed by atoms with van der Waals surface area (Å²) in [4.78, 5) is 42.0. The van der Waals surface area contributed by atoms with Crippen molar-refractivity contribution in [2.45, 2.75) is 18.8 Å². The third kappa shape index (κ3) is 4.39. The molecule has 2 unspecified atom stereocenters. The van der Waals surface area contributed by atoms with Crippen molar-refractivity contribution in [2.75, 3.05) is 38.2 Å². The number of rotatable bonds is 5. The molecule has 4 amide bonds. The Morgan fingerprint density at radius 1 is 1.06 bits per heavy atom. The van der Waals surface area contributed by atoms with Crippen LogP contribution in [0.5, 0.6) is 11.5 Å². The van der Waals surface area contributed by atoms with Crippen molar-refractivity contribution >= 4 is 35.1 Å². The van der Waals surface area contributed by atoms with Crippen LogP contribution in [0.25, 0.3) is 0 Å². The Kier molecular flexibility index (Phi) is 6.27. The average molecular weight is 486 g/mol. The van der Waals surface area contributed by atoms with Crippen molar-refractivity contribution < 1.29 is 23.9 Å². The number of nitrogens with one attached hydrogen (secondary N) is 3. The van der Waals surface area contributed by atoms with Crippen LogP contribution in [0.1, 0.15) is 5.56 Å². The Morgan fingerprint density at radius 2 is 1.82 bits per heavy atom. The topological polar surface area (TPSA) is 112 Å². The molecular weight excluding hydrogens is 462 g/mol. The highest BCUT2D eigenvalue weighted by Crippen LogP contribution is 2.32. The van der Waals surface area contributed by atoms with E-state index in [1.54, 1.807) is 42.5 Å². The lowest BCUT2D eigenvalue weighted by Crippen LogP contribution is -2.75. The van der Waals surface area contributed by atoms with Crippen molar-refractivity contribution in [1.82, 2.24) is 20.4 Å². The van der Waals surface area contributed by atoms with Crippen LogP contribution < -0.4 is 25.4 Å². The standard InChI is InChI=1S/C23H24ClN5O5/c24-16-4-2-1-3-14(16)12-29-22(31)20-21(26-8-7-25-20)28(23(29)32)13-19(30)27-15-5-6-17-18(11-15)34-10-9-33-17/h1-6,11,20-21,25-26H,7-10,12-13H2,(H,27,30). The van der Waals surface area contributed by atoms with Gasteiger partial charge in [-0.1, -0.05) is 29.8 Å². The molecule has 2 aromatic carbocycles. The van der Waals surface area contributed by atoms with E-state index in [-0.39, 0.29) is 19.0 Å². The molecule has 178 valence electrons. The summed E-state index contributed by atoms with van der Waals surface area (Å²) in [5, 5.41) is 9.62. The predicted molar refractivity (Wildman–Crippen MR) is 124 cm³/mol. The molecular formula is C23H24ClN5O5. The molecule has 0 aliphatic carbocycles. The van der Waals surface area contributed by atoms with Crippen LogP contribution in [0.2, 0.25) is 5.02 Å². The fourth-order valence-corrected chi connectivity index (χ4v) is 4.51. The summed E-state index contributed by atoms with van der Waals surface area (Å²) in [5.74, 6) is 0.408. The summed E-state index contributed by atoms with van der Waals surface area (Å²) in [6, 6.07) is 10.9. The molecule has 2 aromatic rings. The lowest BCUT2D eigenvalue weighted by atomic mass is 10.1. The van der Waals surface area contributed by atoms with Gasteiger partial charge in [0.15, 0.2) is 11.5 Å². The number of urea groups is 1. The number of hydrogen-bond donors (Lipinski definition) is 3. The lowest BCUT2D eigenvalue weighted by Gasteiger charge is -2.47. The minimum Gasteiger partial charge on any atom is -0.486 e. The molecule has 11 heteroatoms. The Labute approximate surface area is 201 Å². The maximum Gasteiger partial charge on any atom is 0.328 e. The van der Waals surface area contributed by atoms with Crippen LogP contribution in [0.15, 0.2) is 42.5 Å². The van der Waals surface area contributed by atoms with Crippen LogP contribution in [-0.4, -0.2) is 72.7 Å². The van der Waals surface area contributed by atoms with Gasteiger partial charge in [0.25, 0.3) is 5.91 Å². The van der Waals surface area contributed by atoms with Gasteiger partial charge in [0.1, 0.15) is 32.0 Å². The van der Waals surface area contributed by atoms with E-state index in [9.17, 15) is 14.4 Å². The number of fused-ring (bicyclic) bond motifs is 2. The van der Waals surface area contributed by atoms with Crippen molar-refractivity contribution in [3.63, 3.8) is 0 Å². The SMILES string of the molecule is O=C(CN1C(=O)N(Cc2ccccc2Cl)C(=O)C2NCCNC21)Nc1ccc2c(c1)OCCO2. The lowest BCUT2D eigenvalue weighted by molar-refractivity contribution is -0.139. The Balaban J connectivity index is 1.34. The molecule has 0 radical (unpaired) electrons. The van der Waals surface area contributed by atoms with Gasteiger partial charge in [-0.3, -0.25) is 24.7 Å². The molecule has 3 aliphatic heterocycles.